The second-order valence-electron chi connectivity index (χ2n) is 7.23. The Morgan fingerprint density at radius 1 is 1.17 bits per heavy atom. The zero-order valence-electron chi connectivity index (χ0n) is 16.0. The number of hydrogen-bond acceptors (Lipinski definition) is 5. The van der Waals surface area contributed by atoms with Crippen LogP contribution >= 0.6 is 0 Å². The van der Waals surface area contributed by atoms with Crippen LogP contribution in [0.3, 0.4) is 0 Å². The highest BCUT2D eigenvalue weighted by molar-refractivity contribution is 7.89. The van der Waals surface area contributed by atoms with Crippen molar-refractivity contribution in [2.45, 2.75) is 43.2 Å². The maximum absolute atomic E-state index is 12.6. The molecular weight excluding hydrogens is 392 g/mol. The third-order valence-corrected chi connectivity index (χ3v) is 6.50. The summed E-state index contributed by atoms with van der Waals surface area (Å²) in [4.78, 5) is 16.1. The highest BCUT2D eigenvalue weighted by atomic mass is 32.2. The summed E-state index contributed by atoms with van der Waals surface area (Å²) in [5.41, 5.74) is 1.37. The molecule has 2 unspecified atom stereocenters. The van der Waals surface area contributed by atoms with E-state index in [0.29, 0.717) is 18.7 Å². The van der Waals surface area contributed by atoms with Gasteiger partial charge in [-0.05, 0) is 61.1 Å². The van der Waals surface area contributed by atoms with E-state index in [2.05, 4.69) is 20.3 Å². The lowest BCUT2D eigenvalue weighted by Crippen LogP contribution is -2.39. The summed E-state index contributed by atoms with van der Waals surface area (Å²) in [7, 11) is -3.65. The van der Waals surface area contributed by atoms with E-state index in [4.69, 9.17) is 0 Å². The maximum Gasteiger partial charge on any atom is 0.319 e. The Kier molecular flexibility index (Phi) is 7.18. The van der Waals surface area contributed by atoms with Crippen molar-refractivity contribution < 1.29 is 18.3 Å². The van der Waals surface area contributed by atoms with Crippen LogP contribution in [0.4, 0.5) is 10.5 Å². The predicted molar refractivity (Wildman–Crippen MR) is 110 cm³/mol. The minimum Gasteiger partial charge on any atom is -0.396 e. The topological polar surface area (TPSA) is 120 Å². The third kappa shape index (κ3) is 6.25. The number of amides is 2. The molecule has 156 valence electrons. The van der Waals surface area contributed by atoms with E-state index in [1.54, 1.807) is 30.6 Å². The molecule has 1 aliphatic rings. The molecule has 2 atom stereocenters. The molecule has 9 heteroatoms. The van der Waals surface area contributed by atoms with Gasteiger partial charge in [0.2, 0.25) is 10.0 Å². The number of hydrogen-bond donors (Lipinski definition) is 4. The van der Waals surface area contributed by atoms with Crippen molar-refractivity contribution in [3.05, 3.63) is 54.4 Å². The van der Waals surface area contributed by atoms with Crippen LogP contribution in [0.15, 0.2) is 53.7 Å². The fourth-order valence-electron chi connectivity index (χ4n) is 3.43. The molecule has 1 aromatic heterocycles. The average Bonchev–Trinajstić information content (AvgIpc) is 2.73. The first-order chi connectivity index (χ1) is 14.0. The number of pyridine rings is 1. The molecule has 1 fully saturated rings. The van der Waals surface area contributed by atoms with E-state index < -0.39 is 10.0 Å². The number of aliphatic hydroxyl groups is 1. The van der Waals surface area contributed by atoms with Gasteiger partial charge in [0.05, 0.1) is 4.90 Å². The highest BCUT2D eigenvalue weighted by Crippen LogP contribution is 2.25. The molecule has 29 heavy (non-hydrogen) atoms. The molecule has 0 aliphatic heterocycles. The molecule has 1 heterocycles. The SMILES string of the molecule is O=C(NCc1cccnc1)Nc1ccc(S(=O)(=O)NC2CCCC(CO)C2)cc1. The van der Waals surface area contributed by atoms with Crippen LogP contribution in [0.1, 0.15) is 31.2 Å². The van der Waals surface area contributed by atoms with Gasteiger partial charge in [-0.2, -0.15) is 0 Å². The van der Waals surface area contributed by atoms with Crippen molar-refractivity contribution in [2.75, 3.05) is 11.9 Å². The van der Waals surface area contributed by atoms with Crippen LogP contribution in [0.5, 0.6) is 0 Å². The van der Waals surface area contributed by atoms with Gasteiger partial charge in [0.15, 0.2) is 0 Å². The number of aliphatic hydroxyl groups excluding tert-OH is 1. The zero-order chi connectivity index (χ0) is 20.7. The van der Waals surface area contributed by atoms with Crippen molar-refractivity contribution in [3.8, 4) is 0 Å². The van der Waals surface area contributed by atoms with Crippen LogP contribution < -0.4 is 15.4 Å². The lowest BCUT2D eigenvalue weighted by atomic mass is 9.87. The summed E-state index contributed by atoms with van der Waals surface area (Å²) in [6.45, 7) is 0.424. The minimum atomic E-state index is -3.65. The number of benzene rings is 1. The van der Waals surface area contributed by atoms with Crippen molar-refractivity contribution in [3.63, 3.8) is 0 Å². The molecule has 0 bridgehead atoms. The first kappa shape index (κ1) is 21.2. The van der Waals surface area contributed by atoms with Gasteiger partial charge in [0, 0.05) is 37.3 Å². The Morgan fingerprint density at radius 3 is 2.66 bits per heavy atom. The van der Waals surface area contributed by atoms with Gasteiger partial charge in [0.25, 0.3) is 0 Å². The van der Waals surface area contributed by atoms with Crippen molar-refractivity contribution >= 4 is 21.7 Å². The van der Waals surface area contributed by atoms with Crippen molar-refractivity contribution in [1.82, 2.24) is 15.0 Å². The van der Waals surface area contributed by atoms with Crippen LogP contribution in [-0.4, -0.2) is 37.2 Å². The van der Waals surface area contributed by atoms with E-state index in [-0.39, 0.29) is 29.5 Å². The third-order valence-electron chi connectivity index (χ3n) is 4.96. The van der Waals surface area contributed by atoms with E-state index in [1.165, 1.54) is 12.1 Å². The van der Waals surface area contributed by atoms with Crippen LogP contribution in [0.2, 0.25) is 0 Å². The Labute approximate surface area is 170 Å². The molecule has 0 radical (unpaired) electrons. The standard InChI is InChI=1S/C20H26N4O4S/c25-14-15-3-1-5-18(11-15)24-29(27,28)19-8-6-17(7-9-19)23-20(26)22-13-16-4-2-10-21-12-16/h2,4,6-10,12,15,18,24-25H,1,3,5,11,13-14H2,(H2,22,23,26). The molecule has 0 spiro atoms. The van der Waals surface area contributed by atoms with Crippen LogP contribution in [0.25, 0.3) is 0 Å². The first-order valence-electron chi connectivity index (χ1n) is 9.63. The summed E-state index contributed by atoms with van der Waals surface area (Å²) >= 11 is 0. The number of sulfonamides is 1. The molecular formula is C20H26N4O4S. The number of carbonyl (C=O) groups is 1. The smallest absolute Gasteiger partial charge is 0.319 e. The predicted octanol–water partition coefficient (Wildman–Crippen LogP) is 2.23. The number of rotatable bonds is 7. The molecule has 1 aromatic carbocycles. The Morgan fingerprint density at radius 2 is 1.97 bits per heavy atom. The Balaban J connectivity index is 1.54. The van der Waals surface area contributed by atoms with Gasteiger partial charge >= 0.3 is 6.03 Å². The van der Waals surface area contributed by atoms with Gasteiger partial charge in [0.1, 0.15) is 0 Å². The lowest BCUT2D eigenvalue weighted by molar-refractivity contribution is 0.177. The summed E-state index contributed by atoms with van der Waals surface area (Å²) in [6.07, 6.45) is 6.57. The fourth-order valence-corrected chi connectivity index (χ4v) is 4.71. The van der Waals surface area contributed by atoms with Gasteiger partial charge < -0.3 is 15.7 Å². The van der Waals surface area contributed by atoms with Gasteiger partial charge in [-0.15, -0.1) is 0 Å². The summed E-state index contributed by atoms with van der Waals surface area (Å²) in [6, 6.07) is 9.12. The Bertz CT molecular complexity index is 904. The van der Waals surface area contributed by atoms with E-state index in [0.717, 1.165) is 24.8 Å². The van der Waals surface area contributed by atoms with Crippen molar-refractivity contribution in [2.24, 2.45) is 5.92 Å². The minimum absolute atomic E-state index is 0.0848. The van der Waals surface area contributed by atoms with Gasteiger partial charge in [-0.25, -0.2) is 17.9 Å². The molecule has 3 rings (SSSR count). The van der Waals surface area contributed by atoms with E-state index in [1.807, 2.05) is 6.07 Å². The highest BCUT2D eigenvalue weighted by Gasteiger charge is 2.26. The fraction of sp³-hybridized carbons (Fsp3) is 0.400. The summed E-state index contributed by atoms with van der Waals surface area (Å²) in [5.74, 6) is 0.146. The van der Waals surface area contributed by atoms with Crippen LogP contribution in [-0.2, 0) is 16.6 Å². The van der Waals surface area contributed by atoms with Gasteiger partial charge in [-0.3, -0.25) is 4.98 Å². The normalized spacial score (nSPS) is 19.5. The molecule has 4 N–H and O–H groups in total. The molecule has 2 aromatic rings. The largest absolute Gasteiger partial charge is 0.396 e. The molecule has 2 amide bonds. The number of aromatic nitrogens is 1. The monoisotopic (exact) mass is 418 g/mol. The lowest BCUT2D eigenvalue weighted by Gasteiger charge is -2.28. The van der Waals surface area contributed by atoms with Crippen LogP contribution in [0, 0.1) is 5.92 Å². The Hall–Kier alpha value is -2.49. The zero-order valence-corrected chi connectivity index (χ0v) is 16.9. The summed E-state index contributed by atoms with van der Waals surface area (Å²) < 4.78 is 27.9. The number of anilines is 1. The number of urea groups is 1. The number of nitrogens with one attached hydrogen (secondary N) is 3. The second-order valence-corrected chi connectivity index (χ2v) is 8.94. The first-order valence-corrected chi connectivity index (χ1v) is 11.1. The number of carbonyl (C=O) groups excluding carboxylic acids is 1. The summed E-state index contributed by atoms with van der Waals surface area (Å²) in [5, 5.41) is 14.7. The quantitative estimate of drug-likeness (QED) is 0.550. The molecule has 0 saturated heterocycles. The maximum atomic E-state index is 12.6. The van der Waals surface area contributed by atoms with Gasteiger partial charge in [-0.1, -0.05) is 12.5 Å². The van der Waals surface area contributed by atoms with E-state index >= 15 is 0 Å². The number of nitrogens with zero attached hydrogens (tertiary/aromatic N) is 1. The average molecular weight is 419 g/mol. The molecule has 1 saturated carbocycles. The molecule has 1 aliphatic carbocycles. The van der Waals surface area contributed by atoms with E-state index in [9.17, 15) is 18.3 Å². The van der Waals surface area contributed by atoms with Crippen molar-refractivity contribution in [1.29, 1.82) is 0 Å². The second kappa shape index (κ2) is 9.82. The molecule has 8 nitrogen and oxygen atoms in total.